The quantitative estimate of drug-likeness (QED) is 0.389. The molecule has 2 heteroatoms. The summed E-state index contributed by atoms with van der Waals surface area (Å²) >= 11 is 0. The van der Waals surface area contributed by atoms with Gasteiger partial charge in [0.1, 0.15) is 0 Å². The number of rotatable bonds is 3. The van der Waals surface area contributed by atoms with Crippen LogP contribution >= 0.6 is 0 Å². The number of hydrogen-bond acceptors (Lipinski definition) is 1. The molecule has 2 aliphatic rings. The molecule has 0 saturated carbocycles. The van der Waals surface area contributed by atoms with Crippen molar-refractivity contribution >= 4 is 22.8 Å². The molecule has 0 fully saturated rings. The van der Waals surface area contributed by atoms with Crippen LogP contribution in [0.4, 0.5) is 17.1 Å². The van der Waals surface area contributed by atoms with Crippen LogP contribution in [0.2, 0.25) is 0 Å². The first kappa shape index (κ1) is 21.5. The summed E-state index contributed by atoms with van der Waals surface area (Å²) in [6.45, 7) is 11.5. The van der Waals surface area contributed by atoms with E-state index in [2.05, 4.69) is 142 Å². The second-order valence-corrected chi connectivity index (χ2v) is 10.3. The van der Waals surface area contributed by atoms with Gasteiger partial charge in [0, 0.05) is 53.7 Å². The molecule has 2 heterocycles. The van der Waals surface area contributed by atoms with E-state index in [4.69, 9.17) is 0 Å². The van der Waals surface area contributed by atoms with Crippen molar-refractivity contribution in [3.63, 3.8) is 0 Å². The van der Waals surface area contributed by atoms with Crippen molar-refractivity contribution in [1.29, 1.82) is 0 Å². The monoisotopic (exact) mass is 433 g/mol. The molecule has 0 aromatic heterocycles. The second-order valence-electron chi connectivity index (χ2n) is 10.3. The number of benzene rings is 3. The van der Waals surface area contributed by atoms with E-state index in [-0.39, 0.29) is 10.8 Å². The van der Waals surface area contributed by atoms with Crippen molar-refractivity contribution < 1.29 is 0 Å². The lowest BCUT2D eigenvalue weighted by Crippen LogP contribution is -2.27. The zero-order chi connectivity index (χ0) is 23.4. The van der Waals surface area contributed by atoms with Gasteiger partial charge >= 0.3 is 0 Å². The van der Waals surface area contributed by atoms with E-state index in [1.807, 2.05) is 0 Å². The van der Waals surface area contributed by atoms with Gasteiger partial charge in [0.05, 0.1) is 5.41 Å². The highest BCUT2D eigenvalue weighted by Crippen LogP contribution is 2.47. The summed E-state index contributed by atoms with van der Waals surface area (Å²) in [7, 11) is 2.18. The third-order valence-electron chi connectivity index (χ3n) is 7.41. The van der Waals surface area contributed by atoms with Crippen LogP contribution in [-0.2, 0) is 10.8 Å². The largest absolute Gasteiger partial charge is 0.347 e. The van der Waals surface area contributed by atoms with Gasteiger partial charge in [-0.05, 0) is 38.5 Å². The van der Waals surface area contributed by atoms with Crippen LogP contribution in [-0.4, -0.2) is 12.8 Å². The van der Waals surface area contributed by atoms with E-state index in [0.717, 1.165) is 0 Å². The van der Waals surface area contributed by atoms with Crippen LogP contribution in [0.1, 0.15) is 44.4 Å². The van der Waals surface area contributed by atoms with Crippen molar-refractivity contribution in [2.45, 2.75) is 45.4 Å². The number of hydrogen-bond donors (Lipinski definition) is 0. The van der Waals surface area contributed by atoms with Crippen LogP contribution in [0.25, 0.3) is 0 Å². The van der Waals surface area contributed by atoms with Gasteiger partial charge in [-0.3, -0.25) is 0 Å². The van der Waals surface area contributed by atoms with Gasteiger partial charge in [0.25, 0.3) is 0 Å². The summed E-state index contributed by atoms with van der Waals surface area (Å²) in [6, 6.07) is 26.2. The fraction of sp³-hybridized carbons (Fsp3) is 0.258. The molecule has 3 aromatic rings. The van der Waals surface area contributed by atoms with E-state index < -0.39 is 0 Å². The molecule has 0 unspecified atom stereocenters. The topological polar surface area (TPSA) is 6.25 Å². The maximum absolute atomic E-state index is 2.41. The molecule has 166 valence electrons. The van der Waals surface area contributed by atoms with E-state index in [1.54, 1.807) is 0 Å². The first-order valence-electron chi connectivity index (χ1n) is 11.8. The van der Waals surface area contributed by atoms with Gasteiger partial charge in [0.15, 0.2) is 5.71 Å². The Morgan fingerprint density at radius 1 is 0.788 bits per heavy atom. The summed E-state index contributed by atoms with van der Waals surface area (Å²) < 4.78 is 2.41. The SMILES string of the molecule is Cc1ccc2c(c1)C(C)(C)/C(=C\C=C\C1=[N+](c3ccccc3)c3ccccc3C1(C)C)N2C. The second kappa shape index (κ2) is 7.59. The molecule has 5 rings (SSSR count). The number of anilines is 1. The molecule has 33 heavy (non-hydrogen) atoms. The molecule has 2 aliphatic heterocycles. The molecule has 0 amide bonds. The van der Waals surface area contributed by atoms with Crippen molar-refractivity contribution in [2.75, 3.05) is 11.9 Å². The number of para-hydroxylation sites is 2. The zero-order valence-corrected chi connectivity index (χ0v) is 20.6. The lowest BCUT2D eigenvalue weighted by molar-refractivity contribution is 0.640. The molecule has 0 aliphatic carbocycles. The molecule has 3 aromatic carbocycles. The molecule has 0 spiro atoms. The summed E-state index contributed by atoms with van der Waals surface area (Å²) in [5.41, 5.74) is 10.3. The first-order chi connectivity index (χ1) is 15.7. The molecular weight excluding hydrogens is 400 g/mol. The minimum atomic E-state index is -0.0847. The van der Waals surface area contributed by atoms with Crippen molar-refractivity contribution in [3.05, 3.63) is 113 Å². The Morgan fingerprint density at radius 3 is 2.24 bits per heavy atom. The molecule has 2 nitrogen and oxygen atoms in total. The highest BCUT2D eigenvalue weighted by molar-refractivity contribution is 6.10. The van der Waals surface area contributed by atoms with Crippen molar-refractivity contribution in [1.82, 2.24) is 4.58 Å². The predicted molar refractivity (Wildman–Crippen MR) is 142 cm³/mol. The number of aryl methyl sites for hydroxylation is 1. The average molecular weight is 434 g/mol. The van der Waals surface area contributed by atoms with E-state index in [0.29, 0.717) is 0 Å². The van der Waals surface area contributed by atoms with Gasteiger partial charge < -0.3 is 4.90 Å². The summed E-state index contributed by atoms with van der Waals surface area (Å²) in [5.74, 6) is 0. The number of nitrogens with zero attached hydrogens (tertiary/aromatic N) is 2. The van der Waals surface area contributed by atoms with Gasteiger partial charge in [-0.1, -0.05) is 74.0 Å². The van der Waals surface area contributed by atoms with Gasteiger partial charge in [-0.25, -0.2) is 0 Å². The van der Waals surface area contributed by atoms with E-state index in [1.165, 1.54) is 45.2 Å². The first-order valence-corrected chi connectivity index (χ1v) is 11.8. The summed E-state index contributed by atoms with van der Waals surface area (Å²) in [6.07, 6.45) is 6.84. The molecular formula is C31H33N2+. The lowest BCUT2D eigenvalue weighted by atomic mass is 9.81. The third-order valence-corrected chi connectivity index (χ3v) is 7.41. The maximum atomic E-state index is 2.41. The minimum Gasteiger partial charge on any atom is -0.347 e. The average Bonchev–Trinajstić information content (AvgIpc) is 3.13. The van der Waals surface area contributed by atoms with Crippen LogP contribution in [0.3, 0.4) is 0 Å². The Morgan fingerprint density at radius 2 is 1.48 bits per heavy atom. The Hall–Kier alpha value is -3.39. The van der Waals surface area contributed by atoms with Gasteiger partial charge in [0.2, 0.25) is 11.4 Å². The van der Waals surface area contributed by atoms with E-state index >= 15 is 0 Å². The Labute approximate surface area is 198 Å². The molecule has 0 bridgehead atoms. The number of fused-ring (bicyclic) bond motifs is 2. The Balaban J connectivity index is 1.61. The zero-order valence-electron chi connectivity index (χ0n) is 20.6. The lowest BCUT2D eigenvalue weighted by Gasteiger charge is -2.23. The van der Waals surface area contributed by atoms with Crippen LogP contribution < -0.4 is 9.48 Å². The highest BCUT2D eigenvalue weighted by atomic mass is 15.2. The van der Waals surface area contributed by atoms with Gasteiger partial charge in [-0.2, -0.15) is 4.58 Å². The normalized spacial score (nSPS) is 19.5. The third kappa shape index (κ3) is 3.28. The van der Waals surface area contributed by atoms with E-state index in [9.17, 15) is 0 Å². The standard InChI is InChI=1S/C31H33N2/c1-22-19-20-26-25(21-22)31(4,5)28(32(26)6)17-12-18-29-30(2,3)24-15-10-11-16-27(24)33(29)23-13-8-7-9-14-23/h7-21H,1-6H3/q+1. The van der Waals surface area contributed by atoms with Crippen LogP contribution in [0.15, 0.2) is 96.7 Å². The smallest absolute Gasteiger partial charge is 0.215 e. The summed E-state index contributed by atoms with van der Waals surface area (Å²) in [4.78, 5) is 2.34. The Kier molecular flexibility index (Phi) is 4.93. The van der Waals surface area contributed by atoms with Crippen LogP contribution in [0.5, 0.6) is 0 Å². The Bertz CT molecular complexity index is 1320. The van der Waals surface area contributed by atoms with Gasteiger partial charge in [-0.15, -0.1) is 0 Å². The number of likely N-dealkylation sites (N-methyl/N-ethyl adjacent to an activating group) is 1. The van der Waals surface area contributed by atoms with Crippen molar-refractivity contribution in [3.8, 4) is 0 Å². The fourth-order valence-electron chi connectivity index (χ4n) is 5.56. The predicted octanol–water partition coefficient (Wildman–Crippen LogP) is 7.43. The van der Waals surface area contributed by atoms with Crippen molar-refractivity contribution in [2.24, 2.45) is 0 Å². The summed E-state index contributed by atoms with van der Waals surface area (Å²) in [5, 5.41) is 0. The van der Waals surface area contributed by atoms with Crippen LogP contribution in [0, 0.1) is 6.92 Å². The highest BCUT2D eigenvalue weighted by Gasteiger charge is 2.45. The molecule has 0 radical (unpaired) electrons. The fourth-order valence-corrected chi connectivity index (χ4v) is 5.56. The molecule has 0 atom stereocenters. The minimum absolute atomic E-state index is 0.0294. The maximum Gasteiger partial charge on any atom is 0.215 e. The molecule has 0 N–H and O–H groups in total. The number of allylic oxidation sites excluding steroid dienone is 4. The molecule has 0 saturated heterocycles.